The summed E-state index contributed by atoms with van der Waals surface area (Å²) in [7, 11) is 0. The highest BCUT2D eigenvalue weighted by molar-refractivity contribution is 4.94. The standard InChI is InChI=1S/C17H30O15/c18-1-4-7(20)12(25)17(31-4)32-14-9(22)5(2-19)30-16(13(14)26)28-3-6-8(21)10(23)11(24)15(27)29-6/h4-27H,1-3H2/t4-,5+,6+,7-,8-,9-,10-,11+,12+,13+,14-,15+,16+,17-/m0/s1. The van der Waals surface area contributed by atoms with E-state index in [1.54, 1.807) is 0 Å². The summed E-state index contributed by atoms with van der Waals surface area (Å²) in [5.74, 6) is 0. The van der Waals surface area contributed by atoms with Crippen LogP contribution in [0.5, 0.6) is 0 Å². The summed E-state index contributed by atoms with van der Waals surface area (Å²) >= 11 is 0. The Bertz CT molecular complexity index is 596. The van der Waals surface area contributed by atoms with Gasteiger partial charge in [0.2, 0.25) is 0 Å². The minimum Gasteiger partial charge on any atom is -0.394 e. The minimum atomic E-state index is -1.81. The van der Waals surface area contributed by atoms with Crippen molar-refractivity contribution in [1.82, 2.24) is 0 Å². The van der Waals surface area contributed by atoms with Crippen LogP contribution in [0.25, 0.3) is 0 Å². The van der Waals surface area contributed by atoms with Crippen molar-refractivity contribution in [3.05, 3.63) is 0 Å². The zero-order chi connectivity index (χ0) is 23.7. The van der Waals surface area contributed by atoms with Gasteiger partial charge in [0.05, 0.1) is 19.8 Å². The van der Waals surface area contributed by atoms with Gasteiger partial charge >= 0.3 is 0 Å². The Hall–Kier alpha value is -0.600. The van der Waals surface area contributed by atoms with Gasteiger partial charge in [-0.05, 0) is 0 Å². The van der Waals surface area contributed by atoms with E-state index in [2.05, 4.69) is 0 Å². The molecule has 0 aromatic heterocycles. The van der Waals surface area contributed by atoms with Crippen LogP contribution in [0.2, 0.25) is 0 Å². The Morgan fingerprint density at radius 3 is 1.69 bits per heavy atom. The Morgan fingerprint density at radius 2 is 1.09 bits per heavy atom. The van der Waals surface area contributed by atoms with Crippen LogP contribution in [0.1, 0.15) is 0 Å². The van der Waals surface area contributed by atoms with Gasteiger partial charge in [0, 0.05) is 0 Å². The van der Waals surface area contributed by atoms with Crippen LogP contribution in [-0.2, 0) is 23.7 Å². The van der Waals surface area contributed by atoms with Crippen molar-refractivity contribution in [2.45, 2.75) is 86.0 Å². The molecule has 0 saturated carbocycles. The molecular formula is C17H30O15. The average molecular weight is 474 g/mol. The summed E-state index contributed by atoms with van der Waals surface area (Å²) in [5.41, 5.74) is 0. The average Bonchev–Trinajstić information content (AvgIpc) is 3.05. The third kappa shape index (κ3) is 5.07. The fourth-order valence-electron chi connectivity index (χ4n) is 3.74. The molecule has 0 bridgehead atoms. The molecule has 0 aromatic carbocycles. The van der Waals surface area contributed by atoms with Crippen molar-refractivity contribution >= 4 is 0 Å². The summed E-state index contributed by atoms with van der Waals surface area (Å²) < 4.78 is 26.2. The number of rotatable bonds is 7. The molecular weight excluding hydrogens is 444 g/mol. The molecule has 10 N–H and O–H groups in total. The van der Waals surface area contributed by atoms with E-state index in [-0.39, 0.29) is 0 Å². The molecule has 0 unspecified atom stereocenters. The fourth-order valence-corrected chi connectivity index (χ4v) is 3.74. The molecule has 188 valence electrons. The lowest BCUT2D eigenvalue weighted by molar-refractivity contribution is -0.343. The van der Waals surface area contributed by atoms with Crippen LogP contribution >= 0.6 is 0 Å². The fraction of sp³-hybridized carbons (Fsp3) is 1.00. The summed E-state index contributed by atoms with van der Waals surface area (Å²) in [4.78, 5) is 0. The molecule has 15 heteroatoms. The number of hydrogen-bond acceptors (Lipinski definition) is 15. The van der Waals surface area contributed by atoms with E-state index in [0.29, 0.717) is 0 Å². The van der Waals surface area contributed by atoms with Crippen molar-refractivity contribution in [1.29, 1.82) is 0 Å². The quantitative estimate of drug-likeness (QED) is 0.165. The summed E-state index contributed by atoms with van der Waals surface area (Å²) in [5, 5.41) is 98.3. The molecule has 0 amide bonds. The molecule has 0 radical (unpaired) electrons. The Labute approximate surface area is 181 Å². The smallest absolute Gasteiger partial charge is 0.187 e. The lowest BCUT2D eigenvalue weighted by Crippen LogP contribution is -2.62. The highest BCUT2D eigenvalue weighted by Gasteiger charge is 2.51. The summed E-state index contributed by atoms with van der Waals surface area (Å²) in [6, 6.07) is 0. The molecule has 3 rings (SSSR count). The predicted octanol–water partition coefficient (Wildman–Crippen LogP) is -6.93. The second-order valence-electron chi connectivity index (χ2n) is 7.88. The molecule has 0 spiro atoms. The van der Waals surface area contributed by atoms with Crippen LogP contribution in [0.3, 0.4) is 0 Å². The van der Waals surface area contributed by atoms with Crippen molar-refractivity contribution < 1.29 is 74.7 Å². The van der Waals surface area contributed by atoms with Crippen molar-refractivity contribution in [3.8, 4) is 0 Å². The maximum atomic E-state index is 10.6. The zero-order valence-corrected chi connectivity index (χ0v) is 16.7. The van der Waals surface area contributed by atoms with Gasteiger partial charge in [-0.2, -0.15) is 0 Å². The van der Waals surface area contributed by atoms with Crippen molar-refractivity contribution in [2.24, 2.45) is 0 Å². The van der Waals surface area contributed by atoms with Gasteiger partial charge in [0.25, 0.3) is 0 Å². The Morgan fingerprint density at radius 1 is 0.531 bits per heavy atom. The molecule has 15 nitrogen and oxygen atoms in total. The van der Waals surface area contributed by atoms with E-state index in [0.717, 1.165) is 0 Å². The van der Waals surface area contributed by atoms with Crippen LogP contribution in [0.4, 0.5) is 0 Å². The highest BCUT2D eigenvalue weighted by atomic mass is 16.7. The van der Waals surface area contributed by atoms with Gasteiger partial charge < -0.3 is 74.7 Å². The van der Waals surface area contributed by atoms with Gasteiger partial charge in [-0.25, -0.2) is 0 Å². The molecule has 3 aliphatic heterocycles. The number of ether oxygens (including phenoxy) is 5. The number of hydrogen-bond donors (Lipinski definition) is 10. The van der Waals surface area contributed by atoms with Gasteiger partial charge in [0.1, 0.15) is 67.1 Å². The molecule has 0 aliphatic carbocycles. The van der Waals surface area contributed by atoms with E-state index in [1.165, 1.54) is 0 Å². The largest absolute Gasteiger partial charge is 0.394 e. The third-order valence-electron chi connectivity index (χ3n) is 5.72. The maximum Gasteiger partial charge on any atom is 0.187 e. The molecule has 0 aromatic rings. The zero-order valence-electron chi connectivity index (χ0n) is 16.7. The number of aliphatic hydroxyl groups excluding tert-OH is 10. The monoisotopic (exact) mass is 474 g/mol. The van der Waals surface area contributed by atoms with Crippen LogP contribution in [0, 0.1) is 0 Å². The molecule has 3 fully saturated rings. The van der Waals surface area contributed by atoms with E-state index >= 15 is 0 Å². The number of aliphatic hydroxyl groups is 10. The van der Waals surface area contributed by atoms with E-state index in [9.17, 15) is 46.0 Å². The lowest BCUT2D eigenvalue weighted by Gasteiger charge is -2.43. The Balaban J connectivity index is 1.65. The van der Waals surface area contributed by atoms with Crippen LogP contribution in [-0.4, -0.2) is 157 Å². The molecule has 3 heterocycles. The van der Waals surface area contributed by atoms with E-state index in [4.69, 9.17) is 28.8 Å². The van der Waals surface area contributed by atoms with Crippen molar-refractivity contribution in [2.75, 3.05) is 19.8 Å². The summed E-state index contributed by atoms with van der Waals surface area (Å²) in [6.07, 6.45) is -21.9. The van der Waals surface area contributed by atoms with Gasteiger partial charge in [0.15, 0.2) is 18.9 Å². The minimum absolute atomic E-state index is 0.557. The van der Waals surface area contributed by atoms with Gasteiger partial charge in [-0.3, -0.25) is 0 Å². The Kier molecular flexibility index (Phi) is 8.75. The predicted molar refractivity (Wildman–Crippen MR) is 95.2 cm³/mol. The first-order chi connectivity index (χ1) is 15.1. The molecule has 32 heavy (non-hydrogen) atoms. The topological polar surface area (TPSA) is 248 Å². The van der Waals surface area contributed by atoms with Gasteiger partial charge in [-0.1, -0.05) is 0 Å². The summed E-state index contributed by atoms with van der Waals surface area (Å²) in [6.45, 7) is -1.91. The highest BCUT2D eigenvalue weighted by Crippen LogP contribution is 2.30. The first-order valence-corrected chi connectivity index (χ1v) is 10.00. The molecule has 14 atom stereocenters. The molecule has 3 aliphatic rings. The van der Waals surface area contributed by atoms with E-state index < -0.39 is 106 Å². The molecule has 3 saturated heterocycles. The van der Waals surface area contributed by atoms with Gasteiger partial charge in [-0.15, -0.1) is 0 Å². The first-order valence-electron chi connectivity index (χ1n) is 10.00. The maximum absolute atomic E-state index is 10.6. The SMILES string of the molecule is OC[C@@H]1O[C@@H](O[C@H]2[C@@H](O)[C@@H](CO)O[C@@H](OC[C@H]3O[C@@H](O)[C@H](O)[C@@H](O)[C@H]3O)[C@@H]2O)[C@H](O)[C@H]1O. The first kappa shape index (κ1) is 26.0. The lowest BCUT2D eigenvalue weighted by atomic mass is 9.98. The second kappa shape index (κ2) is 10.8. The van der Waals surface area contributed by atoms with Crippen LogP contribution < -0.4 is 0 Å². The van der Waals surface area contributed by atoms with E-state index in [1.807, 2.05) is 0 Å². The van der Waals surface area contributed by atoms with Crippen molar-refractivity contribution in [3.63, 3.8) is 0 Å². The third-order valence-corrected chi connectivity index (χ3v) is 5.72. The normalized spacial score (nSPS) is 52.3. The van der Waals surface area contributed by atoms with Crippen LogP contribution in [0.15, 0.2) is 0 Å². The second-order valence-corrected chi connectivity index (χ2v) is 7.88.